The van der Waals surface area contributed by atoms with Gasteiger partial charge in [0.25, 0.3) is 0 Å². The Morgan fingerprint density at radius 1 is 0.328 bits per heavy atom. The first kappa shape index (κ1) is 55.1. The van der Waals surface area contributed by atoms with Crippen molar-refractivity contribution < 1.29 is 154 Å². The normalized spacial score (nSPS) is 53.2. The lowest BCUT2D eigenvalue weighted by molar-refractivity contribution is -0.404. The quantitative estimate of drug-likeness (QED) is 0.0643. The van der Waals surface area contributed by atoms with Gasteiger partial charge in [-0.2, -0.15) is 0 Å². The summed E-state index contributed by atoms with van der Waals surface area (Å²) in [6.07, 6.45) is -52.9. The Hall–Kier alpha value is -1.24. The molecule has 67 heavy (non-hydrogen) atoms. The fourth-order valence-corrected chi connectivity index (χ4v) is 8.48. The molecule has 20 N–H and O–H groups in total. The minimum absolute atomic E-state index is 0.754. The maximum atomic E-state index is 11.2. The minimum Gasteiger partial charge on any atom is -0.394 e. The van der Waals surface area contributed by atoms with Gasteiger partial charge in [-0.3, -0.25) is 0 Å². The zero-order chi connectivity index (χ0) is 49.4. The molecule has 6 rings (SSSR count). The molecular weight excluding hydrogens is 928 g/mol. The molecule has 0 saturated carbocycles. The second-order valence-electron chi connectivity index (χ2n) is 16.8. The van der Waals surface area contributed by atoms with Crippen molar-refractivity contribution >= 4 is 0 Å². The first-order valence-electron chi connectivity index (χ1n) is 21.1. The van der Waals surface area contributed by atoms with Crippen molar-refractivity contribution in [2.24, 2.45) is 0 Å². The van der Waals surface area contributed by atoms with Gasteiger partial charge >= 0.3 is 0 Å². The lowest BCUT2D eigenvalue weighted by Crippen LogP contribution is -2.68. The van der Waals surface area contributed by atoms with Gasteiger partial charge in [0.2, 0.25) is 5.79 Å². The largest absolute Gasteiger partial charge is 0.394 e. The number of aliphatic hydroxyl groups excluding tert-OH is 20. The van der Waals surface area contributed by atoms with Gasteiger partial charge in [-0.25, -0.2) is 0 Å². The third-order valence-corrected chi connectivity index (χ3v) is 12.5. The van der Waals surface area contributed by atoms with Crippen LogP contribution in [0.1, 0.15) is 0 Å². The van der Waals surface area contributed by atoms with Crippen LogP contribution in [-0.4, -0.2) is 326 Å². The van der Waals surface area contributed by atoms with Gasteiger partial charge in [0, 0.05) is 0 Å². The average molecular weight is 991 g/mol. The second kappa shape index (κ2) is 23.1. The lowest BCUT2D eigenvalue weighted by atomic mass is 9.95. The van der Waals surface area contributed by atoms with E-state index in [1.165, 1.54) is 0 Å². The minimum atomic E-state index is -2.50. The summed E-state index contributed by atoms with van der Waals surface area (Å²) in [6.45, 7) is -6.59. The third kappa shape index (κ3) is 10.9. The monoisotopic (exact) mass is 990 g/mol. The molecule has 6 heterocycles. The van der Waals surface area contributed by atoms with E-state index in [1.807, 2.05) is 0 Å². The molecule has 392 valence electrons. The number of rotatable bonds is 17. The molecule has 0 aromatic rings. The highest BCUT2D eigenvalue weighted by molar-refractivity contribution is 5.01. The summed E-state index contributed by atoms with van der Waals surface area (Å²) in [5.74, 6) is -2.50. The second-order valence-corrected chi connectivity index (χ2v) is 16.8. The van der Waals surface area contributed by atoms with Crippen LogP contribution in [0.3, 0.4) is 0 Å². The molecule has 6 aliphatic heterocycles. The molecule has 29 atom stereocenters. The van der Waals surface area contributed by atoms with E-state index < -0.39 is 224 Å². The van der Waals surface area contributed by atoms with Gasteiger partial charge in [-0.15, -0.1) is 0 Å². The van der Waals surface area contributed by atoms with Gasteiger partial charge in [0.15, 0.2) is 31.5 Å². The first-order valence-corrected chi connectivity index (χ1v) is 21.1. The Balaban J connectivity index is 1.07. The highest BCUT2D eigenvalue weighted by Crippen LogP contribution is 2.38. The van der Waals surface area contributed by atoms with E-state index in [-0.39, 0.29) is 0 Å². The van der Waals surface area contributed by atoms with Gasteiger partial charge in [0.1, 0.15) is 147 Å². The number of ether oxygens (including phenoxy) is 11. The van der Waals surface area contributed by atoms with E-state index in [0.717, 1.165) is 0 Å². The van der Waals surface area contributed by atoms with Gasteiger partial charge in [0.05, 0.1) is 39.6 Å². The zero-order valence-electron chi connectivity index (χ0n) is 35.1. The van der Waals surface area contributed by atoms with E-state index >= 15 is 0 Å². The van der Waals surface area contributed by atoms with Crippen molar-refractivity contribution in [3.8, 4) is 0 Å². The molecule has 31 nitrogen and oxygen atoms in total. The van der Waals surface area contributed by atoms with Crippen molar-refractivity contribution in [3.05, 3.63) is 0 Å². The summed E-state index contributed by atoms with van der Waals surface area (Å²) in [7, 11) is 0. The Morgan fingerprint density at radius 2 is 0.672 bits per heavy atom. The van der Waals surface area contributed by atoms with Crippen LogP contribution in [0.25, 0.3) is 0 Å². The molecule has 0 radical (unpaired) electrons. The molecule has 0 unspecified atom stereocenters. The van der Waals surface area contributed by atoms with Gasteiger partial charge in [-0.1, -0.05) is 0 Å². The van der Waals surface area contributed by atoms with E-state index in [9.17, 15) is 102 Å². The molecule has 6 fully saturated rings. The first-order chi connectivity index (χ1) is 31.7. The van der Waals surface area contributed by atoms with Crippen molar-refractivity contribution in [1.82, 2.24) is 0 Å². The summed E-state index contributed by atoms with van der Waals surface area (Å²) in [5.41, 5.74) is 0. The number of hydrogen-bond acceptors (Lipinski definition) is 31. The predicted octanol–water partition coefficient (Wildman–Crippen LogP) is -14.1. The predicted molar refractivity (Wildman–Crippen MR) is 199 cm³/mol. The molecule has 31 heteroatoms. The van der Waals surface area contributed by atoms with Crippen molar-refractivity contribution in [2.75, 3.05) is 46.2 Å². The molecule has 6 aliphatic rings. The molecule has 0 spiro atoms. The highest BCUT2D eigenvalue weighted by atomic mass is 16.8. The van der Waals surface area contributed by atoms with Crippen molar-refractivity contribution in [2.45, 2.75) is 178 Å². The van der Waals surface area contributed by atoms with Crippen LogP contribution >= 0.6 is 0 Å². The van der Waals surface area contributed by atoms with Gasteiger partial charge < -0.3 is 154 Å². The summed E-state index contributed by atoms with van der Waals surface area (Å²) in [6, 6.07) is 0. The number of hydrogen-bond donors (Lipinski definition) is 20. The van der Waals surface area contributed by atoms with Crippen molar-refractivity contribution in [1.29, 1.82) is 0 Å². The Morgan fingerprint density at radius 3 is 1.07 bits per heavy atom. The summed E-state index contributed by atoms with van der Waals surface area (Å²) in [5, 5.41) is 209. The maximum Gasteiger partial charge on any atom is 0.224 e. The Labute approximate surface area is 378 Å². The molecule has 6 saturated heterocycles. The summed E-state index contributed by atoms with van der Waals surface area (Å²) >= 11 is 0. The highest BCUT2D eigenvalue weighted by Gasteiger charge is 2.60. The SMILES string of the molecule is OC[C@H]1O[C@@](CO)(O[C@H]2O[C@H](CO)[C@@H](O[C@H]3O[C@H](CO)[C@@H](O[C@H]4O[C@H](CO)[C@@H](O[C@H]5O[C@H](CO[C@H]6O[C@H](CO)[C@@H](O)[C@H](O)[C@H]6O)[C@@H](O)[C@H](O)[C@H]5O)[C@H](O)[C@H]4O)[C@H](O)[C@H]3O)[C@H](O)[C@H]2O)[C@@H](O)[C@@H]1O. The smallest absolute Gasteiger partial charge is 0.224 e. The van der Waals surface area contributed by atoms with Crippen molar-refractivity contribution in [3.63, 3.8) is 0 Å². The van der Waals surface area contributed by atoms with Crippen LogP contribution in [0.2, 0.25) is 0 Å². The van der Waals surface area contributed by atoms with E-state index in [0.29, 0.717) is 0 Å². The van der Waals surface area contributed by atoms with E-state index in [2.05, 4.69) is 0 Å². The molecular formula is C36H62O31. The third-order valence-electron chi connectivity index (χ3n) is 12.5. The van der Waals surface area contributed by atoms with Crippen LogP contribution in [0.5, 0.6) is 0 Å². The maximum absolute atomic E-state index is 11.2. The molecule has 0 amide bonds. The average Bonchev–Trinajstić information content (AvgIpc) is 3.57. The van der Waals surface area contributed by atoms with Gasteiger partial charge in [-0.05, 0) is 0 Å². The molecule has 0 aliphatic carbocycles. The Bertz CT molecular complexity index is 1520. The topological polar surface area (TPSA) is 506 Å². The standard InChI is InChI=1S/C36H62O31/c37-1-8-14(43)17(46)22(51)31(58-8)57-6-13-15(44)18(47)23(52)32(62-13)63-27-10(3-39)59-33(24(53)19(27)48)64-28-11(4-40)60-34(25(54)20(28)49)65-29-12(5-41)61-35(26(55)21(29)50)67-36(7-42)30(56)16(45)9(2-38)66-36/h8-35,37-56H,1-7H2/t8-,9-,10-,11-,12-,13-,14-,15-,16-,17+,18+,19-,20-,21-,22-,23-,24-,25-,26-,27-,28-,29-,30+,31+,32-,33-,34-,35-,36+/m1/s1. The molecule has 0 aromatic carbocycles. The zero-order valence-corrected chi connectivity index (χ0v) is 35.1. The van der Waals surface area contributed by atoms with Crippen LogP contribution in [-0.2, 0) is 52.1 Å². The summed E-state index contributed by atoms with van der Waals surface area (Å²) in [4.78, 5) is 0. The van der Waals surface area contributed by atoms with Crippen LogP contribution in [0.15, 0.2) is 0 Å². The Kier molecular flexibility index (Phi) is 19.0. The van der Waals surface area contributed by atoms with Crippen LogP contribution in [0.4, 0.5) is 0 Å². The fraction of sp³-hybridized carbons (Fsp3) is 1.00. The fourth-order valence-electron chi connectivity index (χ4n) is 8.48. The van der Waals surface area contributed by atoms with Crippen LogP contribution in [0, 0.1) is 0 Å². The summed E-state index contributed by atoms with van der Waals surface area (Å²) < 4.78 is 60.5. The van der Waals surface area contributed by atoms with E-state index in [4.69, 9.17) is 52.1 Å². The van der Waals surface area contributed by atoms with E-state index in [1.54, 1.807) is 0 Å². The lowest BCUT2D eigenvalue weighted by Gasteiger charge is -2.49. The number of aliphatic hydroxyl groups is 20. The van der Waals surface area contributed by atoms with Crippen LogP contribution < -0.4 is 0 Å². The molecule has 0 aromatic heterocycles. The molecule has 0 bridgehead atoms.